The van der Waals surface area contributed by atoms with Crippen LogP contribution in [0.4, 0.5) is 13.2 Å². The first-order valence-electron chi connectivity index (χ1n) is 10.3. The van der Waals surface area contributed by atoms with Crippen molar-refractivity contribution in [3.63, 3.8) is 0 Å². The monoisotopic (exact) mass is 445 g/mol. The number of hydrogen-bond donors (Lipinski definition) is 1. The molecule has 2 aromatic rings. The normalized spacial score (nSPS) is 18.0. The average molecular weight is 445 g/mol. The van der Waals surface area contributed by atoms with E-state index in [4.69, 9.17) is 4.74 Å². The predicted octanol–water partition coefficient (Wildman–Crippen LogP) is 4.66. The number of alkyl halides is 3. The highest BCUT2D eigenvalue weighted by molar-refractivity contribution is 5.65. The Kier molecular flexibility index (Phi) is 7.95. The second-order valence-electron chi connectivity index (χ2n) is 7.33. The minimum Gasteiger partial charge on any atom is -0.386 e. The lowest BCUT2D eigenvalue weighted by Crippen LogP contribution is -2.47. The Morgan fingerprint density at radius 3 is 2.66 bits per heavy atom. The predicted molar refractivity (Wildman–Crippen MR) is 118 cm³/mol. The number of nitrogens with zero attached hydrogens (tertiary/aromatic N) is 3. The van der Waals surface area contributed by atoms with Crippen LogP contribution < -0.4 is 0 Å². The van der Waals surface area contributed by atoms with Crippen LogP contribution >= 0.6 is 0 Å². The molecule has 1 aliphatic heterocycles. The van der Waals surface area contributed by atoms with E-state index in [1.165, 1.54) is 12.3 Å². The van der Waals surface area contributed by atoms with Crippen molar-refractivity contribution in [1.29, 1.82) is 0 Å². The molecule has 0 amide bonds. The van der Waals surface area contributed by atoms with Crippen LogP contribution in [0.15, 0.2) is 71.5 Å². The second-order valence-corrected chi connectivity index (χ2v) is 7.33. The molecule has 2 atom stereocenters. The summed E-state index contributed by atoms with van der Waals surface area (Å²) < 4.78 is 45.2. The Balaban J connectivity index is 2.08. The summed E-state index contributed by atoms with van der Waals surface area (Å²) >= 11 is 0. The highest BCUT2D eigenvalue weighted by atomic mass is 19.4. The maximum atomic E-state index is 13.3. The molecule has 3 rings (SSSR count). The minimum absolute atomic E-state index is 0.278. The van der Waals surface area contributed by atoms with Crippen LogP contribution in [0.3, 0.4) is 0 Å². The van der Waals surface area contributed by atoms with Crippen molar-refractivity contribution in [3.05, 3.63) is 77.6 Å². The molecule has 2 heterocycles. The van der Waals surface area contributed by atoms with E-state index in [1.807, 2.05) is 17.9 Å². The van der Waals surface area contributed by atoms with Crippen molar-refractivity contribution in [1.82, 2.24) is 9.88 Å². The summed E-state index contributed by atoms with van der Waals surface area (Å²) in [6.45, 7) is 7.68. The zero-order chi connectivity index (χ0) is 23.1. The average Bonchev–Trinajstić information content (AvgIpc) is 2.81. The number of aliphatic hydroxyl groups is 1. The fraction of sp³-hybridized carbons (Fsp3) is 0.333. The number of aromatic nitrogens is 1. The standard InChI is InChI=1S/C24H26F3N3O2/c1-3-4-10-20(28-2)22(30-12-14-32-15-13-30)23(31)19-9-6-11-29-21(19)17-7-5-8-18(16-17)24(25,26)27/h3-11,16,22-23,31H,2,12-15H2,1H3/b4-3-,20-10-/t22-,23+/m0/s1. The van der Waals surface area contributed by atoms with Gasteiger partial charge in [0.25, 0.3) is 0 Å². The van der Waals surface area contributed by atoms with Crippen LogP contribution in [0, 0.1) is 0 Å². The van der Waals surface area contributed by atoms with Gasteiger partial charge in [-0.25, -0.2) is 0 Å². The van der Waals surface area contributed by atoms with Gasteiger partial charge in [0.1, 0.15) is 6.10 Å². The van der Waals surface area contributed by atoms with Crippen molar-refractivity contribution >= 4 is 6.72 Å². The molecule has 1 N–H and O–H groups in total. The number of halogens is 3. The van der Waals surface area contributed by atoms with E-state index in [-0.39, 0.29) is 5.56 Å². The number of hydrogen-bond acceptors (Lipinski definition) is 5. The molecule has 170 valence electrons. The quantitative estimate of drug-likeness (QED) is 0.497. The van der Waals surface area contributed by atoms with Gasteiger partial charge in [0.05, 0.1) is 36.2 Å². The van der Waals surface area contributed by atoms with E-state index < -0.39 is 23.9 Å². The summed E-state index contributed by atoms with van der Waals surface area (Å²) in [5, 5.41) is 11.5. The Labute approximate surface area is 185 Å². The van der Waals surface area contributed by atoms with Gasteiger partial charge in [0.2, 0.25) is 0 Å². The van der Waals surface area contributed by atoms with E-state index >= 15 is 0 Å². The number of pyridine rings is 1. The maximum absolute atomic E-state index is 13.3. The Morgan fingerprint density at radius 2 is 2.00 bits per heavy atom. The molecule has 1 aromatic heterocycles. The van der Waals surface area contributed by atoms with E-state index in [0.29, 0.717) is 43.3 Å². The van der Waals surface area contributed by atoms with Crippen molar-refractivity contribution in [2.45, 2.75) is 25.2 Å². The fourth-order valence-electron chi connectivity index (χ4n) is 3.75. The number of rotatable bonds is 7. The van der Waals surface area contributed by atoms with Crippen LogP contribution in [-0.4, -0.2) is 54.1 Å². The van der Waals surface area contributed by atoms with Crippen molar-refractivity contribution in [2.24, 2.45) is 4.99 Å². The van der Waals surface area contributed by atoms with E-state index in [9.17, 15) is 18.3 Å². The number of morpholine rings is 1. The first kappa shape index (κ1) is 23.8. The Hall–Kier alpha value is -2.81. The number of allylic oxidation sites excluding steroid dienone is 3. The van der Waals surface area contributed by atoms with Crippen LogP contribution in [0.5, 0.6) is 0 Å². The number of aliphatic imine (C=N–C) groups is 1. The topological polar surface area (TPSA) is 58.0 Å². The largest absolute Gasteiger partial charge is 0.416 e. The number of benzene rings is 1. The highest BCUT2D eigenvalue weighted by Gasteiger charge is 2.34. The molecule has 1 aliphatic rings. The van der Waals surface area contributed by atoms with Crippen molar-refractivity contribution in [3.8, 4) is 11.3 Å². The lowest BCUT2D eigenvalue weighted by Gasteiger charge is -2.37. The summed E-state index contributed by atoms with van der Waals surface area (Å²) in [6.07, 6.45) is 1.34. The summed E-state index contributed by atoms with van der Waals surface area (Å²) in [7, 11) is 0. The van der Waals surface area contributed by atoms with Crippen LogP contribution in [-0.2, 0) is 10.9 Å². The molecule has 1 aromatic carbocycles. The molecule has 0 radical (unpaired) electrons. The van der Waals surface area contributed by atoms with Gasteiger partial charge in [-0.15, -0.1) is 0 Å². The first-order chi connectivity index (χ1) is 15.4. The molecule has 5 nitrogen and oxygen atoms in total. The summed E-state index contributed by atoms with van der Waals surface area (Å²) in [4.78, 5) is 10.5. The Bertz CT molecular complexity index is 982. The summed E-state index contributed by atoms with van der Waals surface area (Å²) in [5.41, 5.74) is 0.765. The fourth-order valence-corrected chi connectivity index (χ4v) is 3.75. The second kappa shape index (κ2) is 10.7. The SMILES string of the molecule is C=N/C(=C\C=C/C)[C@@H]([C@H](O)c1cccnc1-c1cccc(C(F)(F)F)c1)N1CCOCC1. The molecule has 8 heteroatoms. The number of ether oxygens (including phenoxy) is 1. The molecular formula is C24H26F3N3O2. The van der Waals surface area contributed by atoms with E-state index in [0.717, 1.165) is 12.1 Å². The lowest BCUT2D eigenvalue weighted by atomic mass is 9.93. The van der Waals surface area contributed by atoms with E-state index in [1.54, 1.807) is 30.4 Å². The third-order valence-electron chi connectivity index (χ3n) is 5.30. The van der Waals surface area contributed by atoms with Gasteiger partial charge in [0, 0.05) is 30.4 Å². The van der Waals surface area contributed by atoms with Gasteiger partial charge in [-0.3, -0.25) is 14.9 Å². The summed E-state index contributed by atoms with van der Waals surface area (Å²) in [6, 6.07) is 7.72. The first-order valence-corrected chi connectivity index (χ1v) is 10.3. The number of aliphatic hydroxyl groups excluding tert-OH is 1. The molecule has 0 saturated carbocycles. The summed E-state index contributed by atoms with van der Waals surface area (Å²) in [5.74, 6) is 0. The van der Waals surface area contributed by atoms with Crippen LogP contribution in [0.2, 0.25) is 0 Å². The van der Waals surface area contributed by atoms with Gasteiger partial charge >= 0.3 is 6.18 Å². The Morgan fingerprint density at radius 1 is 1.25 bits per heavy atom. The molecular weight excluding hydrogens is 419 g/mol. The van der Waals surface area contributed by atoms with Gasteiger partial charge in [0.15, 0.2) is 0 Å². The van der Waals surface area contributed by atoms with Crippen molar-refractivity contribution < 1.29 is 23.0 Å². The van der Waals surface area contributed by atoms with Crippen LogP contribution in [0.1, 0.15) is 24.2 Å². The smallest absolute Gasteiger partial charge is 0.386 e. The molecule has 0 aliphatic carbocycles. The van der Waals surface area contributed by atoms with Crippen LogP contribution in [0.25, 0.3) is 11.3 Å². The molecule has 0 bridgehead atoms. The molecule has 0 unspecified atom stereocenters. The minimum atomic E-state index is -4.48. The van der Waals surface area contributed by atoms with Gasteiger partial charge in [-0.2, -0.15) is 13.2 Å². The maximum Gasteiger partial charge on any atom is 0.416 e. The zero-order valence-corrected chi connectivity index (χ0v) is 17.8. The molecule has 1 fully saturated rings. The zero-order valence-electron chi connectivity index (χ0n) is 17.8. The molecule has 0 spiro atoms. The van der Waals surface area contributed by atoms with Gasteiger partial charge < -0.3 is 9.84 Å². The lowest BCUT2D eigenvalue weighted by molar-refractivity contribution is -0.137. The molecule has 32 heavy (non-hydrogen) atoms. The van der Waals surface area contributed by atoms with Crippen molar-refractivity contribution in [2.75, 3.05) is 26.3 Å². The third-order valence-corrected chi connectivity index (χ3v) is 5.30. The van der Waals surface area contributed by atoms with E-state index in [2.05, 4.69) is 16.7 Å². The third kappa shape index (κ3) is 5.51. The highest BCUT2D eigenvalue weighted by Crippen LogP contribution is 2.36. The van der Waals surface area contributed by atoms with Gasteiger partial charge in [-0.05, 0) is 37.9 Å². The molecule has 1 saturated heterocycles. The van der Waals surface area contributed by atoms with Gasteiger partial charge in [-0.1, -0.05) is 30.4 Å².